The molecule has 0 radical (unpaired) electrons. The Morgan fingerprint density at radius 1 is 1.03 bits per heavy atom. The van der Waals surface area contributed by atoms with Crippen molar-refractivity contribution in [1.82, 2.24) is 5.32 Å². The first-order valence-corrected chi connectivity index (χ1v) is 9.56. The van der Waals surface area contributed by atoms with Gasteiger partial charge in [-0.25, -0.2) is 4.79 Å². The number of hydrogen-bond donors (Lipinski definition) is 1. The number of nitrogens with one attached hydrogen (secondary N) is 1. The molecule has 1 N–H and O–H groups in total. The molecule has 7 heteroatoms. The van der Waals surface area contributed by atoms with Crippen molar-refractivity contribution in [2.75, 3.05) is 24.7 Å². The Bertz CT molecular complexity index is 869. The highest BCUT2D eigenvalue weighted by atomic mass is 16.5. The standard InChI is InChI=1S/C22H24N2O5/c1-16(23-20(25)14-28-18-10-3-2-4-11-18)22(27)29-15-21(26)24-13-7-9-17-8-5-6-12-19(17)24/h2-6,8,10-12,16H,7,9,13-15H2,1H3,(H,23,25)/t16-/m0/s1. The molecular formula is C22H24N2O5. The van der Waals surface area contributed by atoms with Gasteiger partial charge in [-0.1, -0.05) is 36.4 Å². The molecule has 3 rings (SSSR count). The average Bonchev–Trinajstić information content (AvgIpc) is 2.76. The van der Waals surface area contributed by atoms with Gasteiger partial charge in [-0.3, -0.25) is 9.59 Å². The van der Waals surface area contributed by atoms with Crippen molar-refractivity contribution in [2.24, 2.45) is 0 Å². The quantitative estimate of drug-likeness (QED) is 0.725. The van der Waals surface area contributed by atoms with Gasteiger partial charge >= 0.3 is 5.97 Å². The molecule has 1 aliphatic rings. The molecule has 0 bridgehead atoms. The molecule has 0 saturated heterocycles. The van der Waals surface area contributed by atoms with Gasteiger partial charge in [-0.2, -0.15) is 0 Å². The number of esters is 1. The average molecular weight is 396 g/mol. The minimum absolute atomic E-state index is 0.217. The van der Waals surface area contributed by atoms with Gasteiger partial charge in [0.1, 0.15) is 11.8 Å². The van der Waals surface area contributed by atoms with Crippen molar-refractivity contribution in [3.63, 3.8) is 0 Å². The summed E-state index contributed by atoms with van der Waals surface area (Å²) in [6, 6.07) is 15.7. The number of rotatable bonds is 7. The molecule has 29 heavy (non-hydrogen) atoms. The number of hydrogen-bond acceptors (Lipinski definition) is 5. The second kappa shape index (κ2) is 9.73. The second-order valence-corrected chi connectivity index (χ2v) is 6.78. The Labute approximate surface area is 169 Å². The molecule has 0 aromatic heterocycles. The van der Waals surface area contributed by atoms with Crippen LogP contribution >= 0.6 is 0 Å². The molecule has 1 aliphatic heterocycles. The van der Waals surface area contributed by atoms with Gasteiger partial charge in [0.25, 0.3) is 11.8 Å². The Hall–Kier alpha value is -3.35. The minimum atomic E-state index is -0.886. The SMILES string of the molecule is C[C@H](NC(=O)COc1ccccc1)C(=O)OCC(=O)N1CCCc2ccccc21. The number of carbonyl (C=O) groups is 3. The number of nitrogens with zero attached hydrogens (tertiary/aromatic N) is 1. The van der Waals surface area contributed by atoms with Crippen LogP contribution < -0.4 is 15.0 Å². The molecule has 0 saturated carbocycles. The van der Waals surface area contributed by atoms with Crippen LogP contribution in [-0.4, -0.2) is 43.6 Å². The maximum atomic E-state index is 12.5. The highest BCUT2D eigenvalue weighted by Crippen LogP contribution is 2.26. The van der Waals surface area contributed by atoms with E-state index in [4.69, 9.17) is 9.47 Å². The molecular weight excluding hydrogens is 372 g/mol. The second-order valence-electron chi connectivity index (χ2n) is 6.78. The van der Waals surface area contributed by atoms with E-state index in [2.05, 4.69) is 5.32 Å². The Morgan fingerprint density at radius 3 is 2.55 bits per heavy atom. The van der Waals surface area contributed by atoms with Crippen molar-refractivity contribution in [3.8, 4) is 5.75 Å². The van der Waals surface area contributed by atoms with E-state index in [1.807, 2.05) is 30.3 Å². The zero-order valence-corrected chi connectivity index (χ0v) is 16.3. The summed E-state index contributed by atoms with van der Waals surface area (Å²) in [5.41, 5.74) is 1.97. The van der Waals surface area contributed by atoms with E-state index in [1.54, 1.807) is 29.2 Å². The lowest BCUT2D eigenvalue weighted by Gasteiger charge is -2.29. The van der Waals surface area contributed by atoms with Gasteiger partial charge in [0.15, 0.2) is 13.2 Å². The zero-order chi connectivity index (χ0) is 20.6. The van der Waals surface area contributed by atoms with Crippen molar-refractivity contribution < 1.29 is 23.9 Å². The van der Waals surface area contributed by atoms with Crippen LogP contribution in [0.1, 0.15) is 18.9 Å². The smallest absolute Gasteiger partial charge is 0.328 e. The maximum absolute atomic E-state index is 12.5. The lowest BCUT2D eigenvalue weighted by atomic mass is 10.0. The zero-order valence-electron chi connectivity index (χ0n) is 16.3. The lowest BCUT2D eigenvalue weighted by molar-refractivity contribution is -0.150. The summed E-state index contributed by atoms with van der Waals surface area (Å²) in [6.07, 6.45) is 1.79. The van der Waals surface area contributed by atoms with Crippen LogP contribution in [0.5, 0.6) is 5.75 Å². The molecule has 0 fully saturated rings. The number of anilines is 1. The molecule has 1 atom stereocenters. The molecule has 2 amide bonds. The van der Waals surface area contributed by atoms with Crippen LogP contribution in [0.25, 0.3) is 0 Å². The highest BCUT2D eigenvalue weighted by Gasteiger charge is 2.24. The molecule has 0 aliphatic carbocycles. The molecule has 2 aromatic rings. The van der Waals surface area contributed by atoms with Gasteiger partial charge < -0.3 is 19.7 Å². The van der Waals surface area contributed by atoms with E-state index < -0.39 is 17.9 Å². The van der Waals surface area contributed by atoms with Gasteiger partial charge in [-0.15, -0.1) is 0 Å². The summed E-state index contributed by atoms with van der Waals surface area (Å²) in [6.45, 7) is 1.51. The summed E-state index contributed by atoms with van der Waals surface area (Å²) < 4.78 is 10.4. The van der Waals surface area contributed by atoms with E-state index in [0.29, 0.717) is 12.3 Å². The topological polar surface area (TPSA) is 84.9 Å². The van der Waals surface area contributed by atoms with E-state index in [0.717, 1.165) is 24.1 Å². The molecule has 0 unspecified atom stereocenters. The minimum Gasteiger partial charge on any atom is -0.484 e. The number of para-hydroxylation sites is 2. The largest absolute Gasteiger partial charge is 0.484 e. The third-order valence-corrected chi connectivity index (χ3v) is 4.59. The molecule has 1 heterocycles. The summed E-state index contributed by atoms with van der Waals surface area (Å²) in [7, 11) is 0. The van der Waals surface area contributed by atoms with Crippen LogP contribution in [0, 0.1) is 0 Å². The number of aryl methyl sites for hydroxylation is 1. The third-order valence-electron chi connectivity index (χ3n) is 4.59. The Balaban J connectivity index is 1.44. The lowest BCUT2D eigenvalue weighted by Crippen LogP contribution is -2.43. The van der Waals surface area contributed by atoms with Crippen LogP contribution in [0.15, 0.2) is 54.6 Å². The van der Waals surface area contributed by atoms with Crippen LogP contribution in [0.4, 0.5) is 5.69 Å². The van der Waals surface area contributed by atoms with E-state index >= 15 is 0 Å². The number of carbonyl (C=O) groups excluding carboxylic acids is 3. The van der Waals surface area contributed by atoms with Crippen LogP contribution in [0.3, 0.4) is 0 Å². The summed E-state index contributed by atoms with van der Waals surface area (Å²) in [5, 5.41) is 2.51. The van der Waals surface area contributed by atoms with Crippen molar-refractivity contribution >= 4 is 23.5 Å². The highest BCUT2D eigenvalue weighted by molar-refractivity contribution is 5.96. The summed E-state index contributed by atoms with van der Waals surface area (Å²) in [4.78, 5) is 38.2. The number of ether oxygens (including phenoxy) is 2. The van der Waals surface area contributed by atoms with E-state index in [9.17, 15) is 14.4 Å². The molecule has 152 valence electrons. The summed E-state index contributed by atoms with van der Waals surface area (Å²) in [5.74, 6) is -0.840. The summed E-state index contributed by atoms with van der Waals surface area (Å²) >= 11 is 0. The van der Waals surface area contributed by atoms with Crippen LogP contribution in [0.2, 0.25) is 0 Å². The predicted molar refractivity (Wildman–Crippen MR) is 108 cm³/mol. The monoisotopic (exact) mass is 396 g/mol. The molecule has 7 nitrogen and oxygen atoms in total. The molecule has 2 aromatic carbocycles. The van der Waals surface area contributed by atoms with E-state index in [1.165, 1.54) is 6.92 Å². The first-order chi connectivity index (χ1) is 14.0. The first-order valence-electron chi connectivity index (χ1n) is 9.56. The van der Waals surface area contributed by atoms with Crippen molar-refractivity contribution in [1.29, 1.82) is 0 Å². The third kappa shape index (κ3) is 5.57. The van der Waals surface area contributed by atoms with Gasteiger partial charge in [0.05, 0.1) is 0 Å². The fourth-order valence-electron chi connectivity index (χ4n) is 3.14. The van der Waals surface area contributed by atoms with Crippen molar-refractivity contribution in [2.45, 2.75) is 25.8 Å². The Kier molecular flexibility index (Phi) is 6.84. The Morgan fingerprint density at radius 2 is 1.76 bits per heavy atom. The first kappa shape index (κ1) is 20.4. The fourth-order valence-corrected chi connectivity index (χ4v) is 3.14. The number of amides is 2. The van der Waals surface area contributed by atoms with Gasteiger partial charge in [0.2, 0.25) is 0 Å². The number of benzene rings is 2. The molecule has 0 spiro atoms. The normalized spacial score (nSPS) is 13.8. The number of fused-ring (bicyclic) bond motifs is 1. The van der Waals surface area contributed by atoms with Gasteiger partial charge in [0, 0.05) is 12.2 Å². The van der Waals surface area contributed by atoms with Crippen molar-refractivity contribution in [3.05, 3.63) is 60.2 Å². The maximum Gasteiger partial charge on any atom is 0.328 e. The van der Waals surface area contributed by atoms with Gasteiger partial charge in [-0.05, 0) is 43.5 Å². The van der Waals surface area contributed by atoms with E-state index in [-0.39, 0.29) is 19.1 Å². The fraction of sp³-hybridized carbons (Fsp3) is 0.318. The predicted octanol–water partition coefficient (Wildman–Crippen LogP) is 2.09. The van der Waals surface area contributed by atoms with Crippen LogP contribution in [-0.2, 0) is 25.5 Å².